The quantitative estimate of drug-likeness (QED) is 0.899. The lowest BCUT2D eigenvalue weighted by Crippen LogP contribution is -2.38. The topological polar surface area (TPSA) is 32.5 Å². The maximum Gasteiger partial charge on any atom is 0.0417 e. The molecule has 0 aromatic heterocycles. The molecule has 0 aliphatic carbocycles. The van der Waals surface area contributed by atoms with Crippen LogP contribution in [0.4, 0.5) is 5.69 Å². The van der Waals surface area contributed by atoms with E-state index in [9.17, 15) is 0 Å². The average Bonchev–Trinajstić information content (AvgIpc) is 2.77. The lowest BCUT2D eigenvalue weighted by Gasteiger charge is -2.31. The molecule has 2 rings (SSSR count). The van der Waals surface area contributed by atoms with E-state index in [0.717, 1.165) is 24.5 Å². The van der Waals surface area contributed by atoms with Gasteiger partial charge in [0, 0.05) is 29.8 Å². The zero-order valence-electron chi connectivity index (χ0n) is 11.9. The molecule has 0 amide bonds. The average molecular weight is 282 g/mol. The van der Waals surface area contributed by atoms with Crippen molar-refractivity contribution in [1.82, 2.24) is 4.90 Å². The highest BCUT2D eigenvalue weighted by atomic mass is 35.5. The molecule has 0 bridgehead atoms. The minimum absolute atomic E-state index is 0.604. The zero-order chi connectivity index (χ0) is 13.8. The molecule has 0 saturated carbocycles. The number of likely N-dealkylation sites (N-methyl/N-ethyl adjacent to an activating group) is 1. The van der Waals surface area contributed by atoms with Gasteiger partial charge in [-0.05, 0) is 63.7 Å². The molecule has 19 heavy (non-hydrogen) atoms. The van der Waals surface area contributed by atoms with Gasteiger partial charge in [0.2, 0.25) is 0 Å². The molecule has 3 nitrogen and oxygen atoms in total. The van der Waals surface area contributed by atoms with E-state index in [2.05, 4.69) is 36.0 Å². The first-order valence-corrected chi connectivity index (χ1v) is 7.39. The molecule has 1 aliphatic rings. The minimum Gasteiger partial charge on any atom is -0.367 e. The van der Waals surface area contributed by atoms with Crippen molar-refractivity contribution in [3.05, 3.63) is 28.8 Å². The van der Waals surface area contributed by atoms with Crippen molar-refractivity contribution >= 4 is 17.3 Å². The Balaban J connectivity index is 2.24. The normalized spacial score (nSPS) is 19.4. The first-order valence-electron chi connectivity index (χ1n) is 7.01. The molecular weight excluding hydrogens is 258 g/mol. The summed E-state index contributed by atoms with van der Waals surface area (Å²) >= 11 is 6.11. The molecule has 0 spiro atoms. The van der Waals surface area contributed by atoms with Crippen LogP contribution in [0.15, 0.2) is 18.2 Å². The highest BCUT2D eigenvalue weighted by Crippen LogP contribution is 2.31. The van der Waals surface area contributed by atoms with Gasteiger partial charge in [-0.2, -0.15) is 0 Å². The van der Waals surface area contributed by atoms with Crippen LogP contribution in [0.25, 0.3) is 0 Å². The van der Waals surface area contributed by atoms with Gasteiger partial charge < -0.3 is 15.5 Å². The van der Waals surface area contributed by atoms with Crippen LogP contribution < -0.4 is 10.6 Å². The largest absolute Gasteiger partial charge is 0.367 e. The molecule has 1 unspecified atom stereocenters. The molecule has 1 fully saturated rings. The van der Waals surface area contributed by atoms with Gasteiger partial charge in [-0.15, -0.1) is 0 Å². The van der Waals surface area contributed by atoms with Crippen LogP contribution in [-0.4, -0.2) is 44.7 Å². The fourth-order valence-electron chi connectivity index (χ4n) is 2.95. The van der Waals surface area contributed by atoms with Crippen molar-refractivity contribution in [2.45, 2.75) is 25.3 Å². The third kappa shape index (κ3) is 3.62. The van der Waals surface area contributed by atoms with Crippen molar-refractivity contribution in [3.63, 3.8) is 0 Å². The summed E-state index contributed by atoms with van der Waals surface area (Å²) in [5, 5.41) is 0.801. The van der Waals surface area contributed by atoms with Crippen LogP contribution in [0.1, 0.15) is 18.4 Å². The second kappa shape index (κ2) is 6.60. The summed E-state index contributed by atoms with van der Waals surface area (Å²) in [6.07, 6.45) is 3.42. The van der Waals surface area contributed by atoms with Crippen LogP contribution in [-0.2, 0) is 6.42 Å². The molecule has 106 valence electrons. The lowest BCUT2D eigenvalue weighted by atomic mass is 10.1. The third-order valence-electron chi connectivity index (χ3n) is 3.72. The molecular formula is C15H24ClN3. The van der Waals surface area contributed by atoms with Crippen LogP contribution >= 0.6 is 11.6 Å². The van der Waals surface area contributed by atoms with Crippen molar-refractivity contribution in [2.24, 2.45) is 5.73 Å². The standard InChI is InChI=1S/C15H24ClN3/c1-18(2)11-14-4-3-9-19(14)15-6-5-13(16)10-12(15)7-8-17/h5-6,10,14H,3-4,7-9,11,17H2,1-2H3. The van der Waals surface area contributed by atoms with Crippen LogP contribution in [0.2, 0.25) is 5.02 Å². The molecule has 1 atom stereocenters. The third-order valence-corrected chi connectivity index (χ3v) is 3.95. The number of rotatable bonds is 5. The number of halogens is 1. The summed E-state index contributed by atoms with van der Waals surface area (Å²) < 4.78 is 0. The molecule has 1 saturated heterocycles. The molecule has 1 aliphatic heterocycles. The molecule has 1 heterocycles. The first-order chi connectivity index (χ1) is 9.11. The van der Waals surface area contributed by atoms with E-state index in [1.165, 1.54) is 24.1 Å². The van der Waals surface area contributed by atoms with Crippen molar-refractivity contribution in [1.29, 1.82) is 0 Å². The highest BCUT2D eigenvalue weighted by Gasteiger charge is 2.26. The summed E-state index contributed by atoms with van der Waals surface area (Å²) in [7, 11) is 4.28. The Morgan fingerprint density at radius 2 is 2.21 bits per heavy atom. The van der Waals surface area contributed by atoms with Crippen molar-refractivity contribution < 1.29 is 0 Å². The number of hydrogen-bond acceptors (Lipinski definition) is 3. The Kier molecular flexibility index (Phi) is 5.08. The summed E-state index contributed by atoms with van der Waals surface area (Å²) in [6.45, 7) is 2.90. The number of anilines is 1. The number of nitrogens with two attached hydrogens (primary N) is 1. The van der Waals surface area contributed by atoms with Gasteiger partial charge in [0.1, 0.15) is 0 Å². The Labute approximate surface area is 121 Å². The Morgan fingerprint density at radius 1 is 1.42 bits per heavy atom. The van der Waals surface area contributed by atoms with Crippen LogP contribution in [0.3, 0.4) is 0 Å². The summed E-state index contributed by atoms with van der Waals surface area (Å²) in [6, 6.07) is 6.81. The van der Waals surface area contributed by atoms with Gasteiger partial charge in [0.25, 0.3) is 0 Å². The maximum atomic E-state index is 6.11. The maximum absolute atomic E-state index is 6.11. The molecule has 0 radical (unpaired) electrons. The monoisotopic (exact) mass is 281 g/mol. The second-order valence-electron chi connectivity index (χ2n) is 5.56. The van der Waals surface area contributed by atoms with Gasteiger partial charge >= 0.3 is 0 Å². The van der Waals surface area contributed by atoms with Gasteiger partial charge in [-0.1, -0.05) is 11.6 Å². The summed E-state index contributed by atoms with van der Waals surface area (Å²) in [5.41, 5.74) is 8.32. The summed E-state index contributed by atoms with van der Waals surface area (Å²) in [4.78, 5) is 4.79. The van der Waals surface area contributed by atoms with Crippen LogP contribution in [0, 0.1) is 0 Å². The van der Waals surface area contributed by atoms with E-state index in [4.69, 9.17) is 17.3 Å². The lowest BCUT2D eigenvalue weighted by molar-refractivity contribution is 0.372. The van der Waals surface area contributed by atoms with E-state index in [0.29, 0.717) is 12.6 Å². The van der Waals surface area contributed by atoms with E-state index in [1.807, 2.05) is 6.07 Å². The predicted octanol–water partition coefficient (Wildman–Crippen LogP) is 2.37. The first kappa shape index (κ1) is 14.6. The second-order valence-corrected chi connectivity index (χ2v) is 6.00. The van der Waals surface area contributed by atoms with Crippen molar-refractivity contribution in [3.8, 4) is 0 Å². The highest BCUT2D eigenvalue weighted by molar-refractivity contribution is 6.30. The van der Waals surface area contributed by atoms with E-state index >= 15 is 0 Å². The predicted molar refractivity (Wildman–Crippen MR) is 83.1 cm³/mol. The van der Waals surface area contributed by atoms with Gasteiger partial charge in [-0.3, -0.25) is 0 Å². The van der Waals surface area contributed by atoms with E-state index in [1.54, 1.807) is 0 Å². The fraction of sp³-hybridized carbons (Fsp3) is 0.600. The van der Waals surface area contributed by atoms with Gasteiger partial charge in [-0.25, -0.2) is 0 Å². The van der Waals surface area contributed by atoms with Gasteiger partial charge in [0.05, 0.1) is 0 Å². The Bertz CT molecular complexity index is 420. The Morgan fingerprint density at radius 3 is 2.89 bits per heavy atom. The van der Waals surface area contributed by atoms with Crippen molar-refractivity contribution in [2.75, 3.05) is 38.6 Å². The molecule has 1 aromatic rings. The van der Waals surface area contributed by atoms with E-state index in [-0.39, 0.29) is 0 Å². The smallest absolute Gasteiger partial charge is 0.0417 e. The van der Waals surface area contributed by atoms with Crippen LogP contribution in [0.5, 0.6) is 0 Å². The number of nitrogens with zero attached hydrogens (tertiary/aromatic N) is 2. The minimum atomic E-state index is 0.604. The number of benzene rings is 1. The zero-order valence-corrected chi connectivity index (χ0v) is 12.7. The number of hydrogen-bond donors (Lipinski definition) is 1. The molecule has 2 N–H and O–H groups in total. The van der Waals surface area contributed by atoms with E-state index < -0.39 is 0 Å². The molecule has 4 heteroatoms. The molecule has 1 aromatic carbocycles. The summed E-state index contributed by atoms with van der Waals surface area (Å²) in [5.74, 6) is 0. The van der Waals surface area contributed by atoms with Gasteiger partial charge in [0.15, 0.2) is 0 Å². The fourth-order valence-corrected chi connectivity index (χ4v) is 3.15. The Hall–Kier alpha value is -0.770. The SMILES string of the molecule is CN(C)CC1CCCN1c1ccc(Cl)cc1CCN.